The molecule has 0 aliphatic heterocycles. The first-order valence-electron chi connectivity index (χ1n) is 4.72. The molecular formula is C8H14N4O3S. The number of aromatic amines is 1. The van der Waals surface area contributed by atoms with Crippen molar-refractivity contribution < 1.29 is 9.53 Å². The number of hydrogen-bond donors (Lipinski definition) is 2. The van der Waals surface area contributed by atoms with Gasteiger partial charge in [-0.25, -0.2) is 9.89 Å². The Hall–Kier alpha value is -1.28. The van der Waals surface area contributed by atoms with Crippen LogP contribution in [0, 0.1) is 0 Å². The van der Waals surface area contributed by atoms with Crippen molar-refractivity contribution >= 4 is 17.7 Å². The highest BCUT2D eigenvalue weighted by Gasteiger charge is 2.16. The lowest BCUT2D eigenvalue weighted by molar-refractivity contribution is -0.144. The Kier molecular flexibility index (Phi) is 4.56. The molecule has 1 aromatic heterocycles. The summed E-state index contributed by atoms with van der Waals surface area (Å²) in [7, 11) is 1.59. The van der Waals surface area contributed by atoms with Crippen molar-refractivity contribution in [3.05, 3.63) is 10.5 Å². The topological polar surface area (TPSA) is 103 Å². The van der Waals surface area contributed by atoms with E-state index in [0.717, 1.165) is 0 Å². The maximum Gasteiger partial charge on any atom is 0.343 e. The molecule has 7 nitrogen and oxygen atoms in total. The van der Waals surface area contributed by atoms with Crippen LogP contribution < -0.4 is 11.4 Å². The highest BCUT2D eigenvalue weighted by atomic mass is 32.2. The van der Waals surface area contributed by atoms with Crippen LogP contribution in [0.15, 0.2) is 9.95 Å². The Morgan fingerprint density at radius 1 is 1.75 bits per heavy atom. The summed E-state index contributed by atoms with van der Waals surface area (Å²) >= 11 is 1.22. The summed E-state index contributed by atoms with van der Waals surface area (Å²) in [5.74, 6) is -0.132. The van der Waals surface area contributed by atoms with E-state index in [1.54, 1.807) is 14.0 Å². The second kappa shape index (κ2) is 5.71. The number of rotatable bonds is 5. The Morgan fingerprint density at radius 2 is 2.44 bits per heavy atom. The molecule has 0 saturated heterocycles. The fourth-order valence-electron chi connectivity index (χ4n) is 0.943. The second-order valence-corrected chi connectivity index (χ2v) is 4.03. The molecular weight excluding hydrogens is 232 g/mol. The molecule has 0 aromatic carbocycles. The van der Waals surface area contributed by atoms with Crippen LogP contribution in [-0.4, -0.2) is 39.1 Å². The quantitative estimate of drug-likeness (QED) is 0.515. The molecule has 8 heteroatoms. The molecule has 0 radical (unpaired) electrons. The zero-order valence-corrected chi connectivity index (χ0v) is 9.91. The predicted molar refractivity (Wildman–Crippen MR) is 59.2 cm³/mol. The largest absolute Gasteiger partial charge is 0.465 e. The number of nitrogens with one attached hydrogen (secondary N) is 1. The minimum atomic E-state index is -0.711. The normalized spacial score (nSPS) is 12.4. The zero-order chi connectivity index (χ0) is 12.1. The van der Waals surface area contributed by atoms with Gasteiger partial charge in [0.25, 0.3) is 0 Å². The summed E-state index contributed by atoms with van der Waals surface area (Å²) in [5, 5.41) is 6.56. The molecule has 90 valence electrons. The molecule has 0 spiro atoms. The van der Waals surface area contributed by atoms with Crippen molar-refractivity contribution in [3.63, 3.8) is 0 Å². The van der Waals surface area contributed by atoms with Crippen LogP contribution in [0.3, 0.4) is 0 Å². The third-order valence-corrected chi connectivity index (χ3v) is 2.97. The van der Waals surface area contributed by atoms with Gasteiger partial charge in [0.2, 0.25) is 0 Å². The summed E-state index contributed by atoms with van der Waals surface area (Å²) in [6, 6.07) is -0.711. The van der Waals surface area contributed by atoms with E-state index >= 15 is 0 Å². The smallest absolute Gasteiger partial charge is 0.343 e. The van der Waals surface area contributed by atoms with Gasteiger partial charge in [-0.05, 0) is 6.92 Å². The number of thioether (sulfide) groups is 1. The predicted octanol–water partition coefficient (Wildman–Crippen LogP) is -0.909. The standard InChI is InChI=1S/C8H14N4O3S/c1-3-15-6(13)5(9)4-16-8-11-10-7(14)12(8)2/h5H,3-4,9H2,1-2H3,(H,10,14). The summed E-state index contributed by atoms with van der Waals surface area (Å²) < 4.78 is 6.10. The van der Waals surface area contributed by atoms with Crippen molar-refractivity contribution in [2.75, 3.05) is 12.4 Å². The van der Waals surface area contributed by atoms with Crippen molar-refractivity contribution in [2.45, 2.75) is 18.1 Å². The van der Waals surface area contributed by atoms with E-state index in [2.05, 4.69) is 10.2 Å². The van der Waals surface area contributed by atoms with Crippen LogP contribution in [-0.2, 0) is 16.6 Å². The molecule has 0 bridgehead atoms. The Labute approximate surface area is 96.3 Å². The number of hydrogen-bond acceptors (Lipinski definition) is 6. The molecule has 1 heterocycles. The minimum absolute atomic E-state index is 0.299. The molecule has 1 rings (SSSR count). The molecule has 0 aliphatic carbocycles. The average Bonchev–Trinajstić information content (AvgIpc) is 2.57. The lowest BCUT2D eigenvalue weighted by atomic mass is 10.4. The molecule has 1 atom stereocenters. The minimum Gasteiger partial charge on any atom is -0.465 e. The number of esters is 1. The van der Waals surface area contributed by atoms with Gasteiger partial charge in [0.1, 0.15) is 6.04 Å². The third kappa shape index (κ3) is 3.11. The van der Waals surface area contributed by atoms with Gasteiger partial charge in [-0.15, -0.1) is 5.10 Å². The van der Waals surface area contributed by atoms with E-state index in [1.807, 2.05) is 0 Å². The maximum absolute atomic E-state index is 11.2. The fraction of sp³-hybridized carbons (Fsp3) is 0.625. The van der Waals surface area contributed by atoms with E-state index in [1.165, 1.54) is 16.3 Å². The van der Waals surface area contributed by atoms with E-state index < -0.39 is 12.0 Å². The highest BCUT2D eigenvalue weighted by molar-refractivity contribution is 7.99. The highest BCUT2D eigenvalue weighted by Crippen LogP contribution is 2.12. The lowest BCUT2D eigenvalue weighted by Gasteiger charge is -2.08. The van der Waals surface area contributed by atoms with Gasteiger partial charge < -0.3 is 10.5 Å². The summed E-state index contributed by atoms with van der Waals surface area (Å²) in [5.41, 5.74) is 5.29. The Balaban J connectivity index is 2.49. The molecule has 1 aromatic rings. The monoisotopic (exact) mass is 246 g/mol. The number of carbonyl (C=O) groups is 1. The van der Waals surface area contributed by atoms with Gasteiger partial charge in [-0.3, -0.25) is 9.36 Å². The van der Waals surface area contributed by atoms with Crippen LogP contribution in [0.1, 0.15) is 6.92 Å². The molecule has 0 fully saturated rings. The number of ether oxygens (including phenoxy) is 1. The number of nitrogens with zero attached hydrogens (tertiary/aromatic N) is 2. The van der Waals surface area contributed by atoms with Crippen LogP contribution in [0.2, 0.25) is 0 Å². The zero-order valence-electron chi connectivity index (χ0n) is 9.10. The van der Waals surface area contributed by atoms with Crippen molar-refractivity contribution in [3.8, 4) is 0 Å². The Bertz CT molecular complexity index is 414. The number of aromatic nitrogens is 3. The van der Waals surface area contributed by atoms with Crippen molar-refractivity contribution in [1.29, 1.82) is 0 Å². The van der Waals surface area contributed by atoms with E-state index in [-0.39, 0.29) is 5.69 Å². The number of nitrogens with two attached hydrogens (primary N) is 1. The van der Waals surface area contributed by atoms with Crippen LogP contribution >= 0.6 is 11.8 Å². The first-order valence-corrected chi connectivity index (χ1v) is 5.71. The second-order valence-electron chi connectivity index (χ2n) is 3.04. The molecule has 16 heavy (non-hydrogen) atoms. The Morgan fingerprint density at radius 3 is 2.94 bits per heavy atom. The molecule has 1 unspecified atom stereocenters. The first kappa shape index (κ1) is 12.8. The van der Waals surface area contributed by atoms with Crippen LogP contribution in [0.25, 0.3) is 0 Å². The lowest BCUT2D eigenvalue weighted by Crippen LogP contribution is -2.34. The van der Waals surface area contributed by atoms with Gasteiger partial charge >= 0.3 is 11.7 Å². The average molecular weight is 246 g/mol. The molecule has 0 aliphatic rings. The van der Waals surface area contributed by atoms with Gasteiger partial charge in [0.05, 0.1) is 6.61 Å². The maximum atomic E-state index is 11.2. The molecule has 3 N–H and O–H groups in total. The van der Waals surface area contributed by atoms with Crippen molar-refractivity contribution in [1.82, 2.24) is 14.8 Å². The number of carbonyl (C=O) groups excluding carboxylic acids is 1. The number of H-pyrrole nitrogens is 1. The van der Waals surface area contributed by atoms with Crippen LogP contribution in [0.4, 0.5) is 0 Å². The SMILES string of the molecule is CCOC(=O)C(N)CSc1n[nH]c(=O)n1C. The van der Waals surface area contributed by atoms with E-state index in [4.69, 9.17) is 10.5 Å². The van der Waals surface area contributed by atoms with E-state index in [0.29, 0.717) is 17.5 Å². The van der Waals surface area contributed by atoms with E-state index in [9.17, 15) is 9.59 Å². The first-order chi connectivity index (χ1) is 7.56. The van der Waals surface area contributed by atoms with Gasteiger partial charge in [0, 0.05) is 12.8 Å². The van der Waals surface area contributed by atoms with Gasteiger partial charge in [0.15, 0.2) is 5.16 Å². The summed E-state index contributed by atoms with van der Waals surface area (Å²) in [6.07, 6.45) is 0. The van der Waals surface area contributed by atoms with Crippen molar-refractivity contribution in [2.24, 2.45) is 12.8 Å². The van der Waals surface area contributed by atoms with Gasteiger partial charge in [-0.1, -0.05) is 11.8 Å². The van der Waals surface area contributed by atoms with Crippen LogP contribution in [0.5, 0.6) is 0 Å². The summed E-state index contributed by atoms with van der Waals surface area (Å²) in [4.78, 5) is 22.2. The van der Waals surface area contributed by atoms with Gasteiger partial charge in [-0.2, -0.15) is 0 Å². The summed E-state index contributed by atoms with van der Waals surface area (Å²) in [6.45, 7) is 2.02. The fourth-order valence-corrected chi connectivity index (χ4v) is 1.79. The molecule has 0 saturated carbocycles. The third-order valence-electron chi connectivity index (χ3n) is 1.82. The molecule has 0 amide bonds.